The Morgan fingerprint density at radius 2 is 1.79 bits per heavy atom. The second kappa shape index (κ2) is 14.4. The lowest BCUT2D eigenvalue weighted by molar-refractivity contribution is -0.161. The molecule has 0 radical (unpaired) electrons. The normalized spacial score (nSPS) is 18.9. The molecule has 3 N–H and O–H groups in total. The fourth-order valence-electron chi connectivity index (χ4n) is 5.83. The Morgan fingerprint density at radius 3 is 2.47 bits per heavy atom. The first kappa shape index (κ1) is 32.6. The predicted octanol–water partition coefficient (Wildman–Crippen LogP) is 5.46. The van der Waals surface area contributed by atoms with Gasteiger partial charge in [0.05, 0.1) is 16.3 Å². The van der Waals surface area contributed by atoms with Crippen LogP contribution in [0.15, 0.2) is 48.5 Å². The molecule has 0 aliphatic carbocycles. The van der Waals surface area contributed by atoms with E-state index in [1.807, 2.05) is 25.1 Å². The van der Waals surface area contributed by atoms with Crippen molar-refractivity contribution in [2.75, 3.05) is 38.0 Å². The number of hydrogen-bond acceptors (Lipinski definition) is 4. The highest BCUT2D eigenvalue weighted by atomic mass is 35.5. The maximum Gasteiger partial charge on any atom is 0.416 e. The molecule has 2 heterocycles. The van der Waals surface area contributed by atoms with Crippen LogP contribution in [-0.2, 0) is 22.2 Å². The number of anilines is 1. The molecule has 2 aromatic rings. The number of hydrogen-bond donors (Lipinski definition) is 3. The fraction of sp³-hybridized carbons (Fsp3) is 0.516. The summed E-state index contributed by atoms with van der Waals surface area (Å²) in [4.78, 5) is 43.4. The van der Waals surface area contributed by atoms with Crippen LogP contribution in [0.2, 0.25) is 5.02 Å². The molecule has 1 atom stereocenters. The van der Waals surface area contributed by atoms with Crippen LogP contribution in [0.25, 0.3) is 0 Å². The summed E-state index contributed by atoms with van der Waals surface area (Å²) in [6.07, 6.45) is -0.180. The largest absolute Gasteiger partial charge is 0.416 e. The summed E-state index contributed by atoms with van der Waals surface area (Å²) in [5, 5.41) is 7.92. The summed E-state index contributed by atoms with van der Waals surface area (Å²) in [7, 11) is 0. The van der Waals surface area contributed by atoms with Gasteiger partial charge in [-0.2, -0.15) is 13.2 Å². The van der Waals surface area contributed by atoms with Crippen molar-refractivity contribution in [3.63, 3.8) is 0 Å². The van der Waals surface area contributed by atoms with Gasteiger partial charge in [-0.15, -0.1) is 0 Å². The van der Waals surface area contributed by atoms with Crippen LogP contribution in [0.3, 0.4) is 0 Å². The number of unbranched alkanes of at least 4 members (excludes halogenated alkanes) is 1. The molecule has 0 saturated carbocycles. The van der Waals surface area contributed by atoms with Crippen LogP contribution < -0.4 is 16.0 Å². The van der Waals surface area contributed by atoms with E-state index >= 15 is 0 Å². The maximum atomic E-state index is 13.6. The molecule has 2 fully saturated rings. The highest BCUT2D eigenvalue weighted by Crippen LogP contribution is 2.35. The van der Waals surface area contributed by atoms with E-state index in [1.165, 1.54) is 5.56 Å². The molecule has 4 amide bonds. The van der Waals surface area contributed by atoms with Crippen LogP contribution in [0.4, 0.5) is 23.7 Å². The Labute approximate surface area is 255 Å². The predicted molar refractivity (Wildman–Crippen MR) is 160 cm³/mol. The molecular formula is C31H39ClF3N5O3. The number of nitrogens with zero attached hydrogens (tertiary/aromatic N) is 2. The lowest BCUT2D eigenvalue weighted by atomic mass is 9.81. The zero-order valence-electron chi connectivity index (χ0n) is 24.3. The van der Waals surface area contributed by atoms with Crippen LogP contribution in [0, 0.1) is 0 Å². The number of piperazine rings is 1. The lowest BCUT2D eigenvalue weighted by Gasteiger charge is -2.51. The minimum absolute atomic E-state index is 0.0121. The Kier molecular flexibility index (Phi) is 10.9. The number of amides is 4. The molecule has 2 saturated heterocycles. The Morgan fingerprint density at radius 1 is 1.07 bits per heavy atom. The van der Waals surface area contributed by atoms with Gasteiger partial charge in [0.1, 0.15) is 11.6 Å². The van der Waals surface area contributed by atoms with Gasteiger partial charge >= 0.3 is 12.2 Å². The average Bonchev–Trinajstić information content (AvgIpc) is 2.98. The van der Waals surface area contributed by atoms with Gasteiger partial charge in [-0.3, -0.25) is 9.59 Å². The minimum Gasteiger partial charge on any atom is -0.342 e. The second-order valence-electron chi connectivity index (χ2n) is 11.2. The SMILES string of the molecule is CCCN1C(=O)[C@H](CCCCNC(=O)Nc2cc(C(F)(F)F)ccc2Cl)NC(=O)C12CCN(CCc1ccccc1)CC2. The summed E-state index contributed by atoms with van der Waals surface area (Å²) in [6, 6.07) is 11.7. The monoisotopic (exact) mass is 621 g/mol. The quantitative estimate of drug-likeness (QED) is 0.290. The molecule has 2 aliphatic heterocycles. The van der Waals surface area contributed by atoms with Crippen molar-refractivity contribution >= 4 is 35.1 Å². The molecule has 43 heavy (non-hydrogen) atoms. The zero-order chi connectivity index (χ0) is 31.0. The number of rotatable bonds is 11. The maximum absolute atomic E-state index is 13.6. The van der Waals surface area contributed by atoms with Crippen LogP contribution in [0.1, 0.15) is 56.6 Å². The number of benzene rings is 2. The Balaban J connectivity index is 1.23. The van der Waals surface area contributed by atoms with E-state index in [-0.39, 0.29) is 29.1 Å². The first-order chi connectivity index (χ1) is 20.5. The van der Waals surface area contributed by atoms with Crippen molar-refractivity contribution in [1.29, 1.82) is 0 Å². The van der Waals surface area contributed by atoms with Gasteiger partial charge in [-0.05, 0) is 68.7 Å². The molecule has 0 bridgehead atoms. The molecule has 234 valence electrons. The van der Waals surface area contributed by atoms with Crippen LogP contribution in [0.5, 0.6) is 0 Å². The summed E-state index contributed by atoms with van der Waals surface area (Å²) < 4.78 is 38.9. The summed E-state index contributed by atoms with van der Waals surface area (Å²) >= 11 is 5.94. The summed E-state index contributed by atoms with van der Waals surface area (Å²) in [5.74, 6) is -0.159. The molecular weight excluding hydrogens is 583 g/mol. The van der Waals surface area contributed by atoms with Crippen molar-refractivity contribution in [2.24, 2.45) is 0 Å². The van der Waals surface area contributed by atoms with Gasteiger partial charge in [0.25, 0.3) is 0 Å². The van der Waals surface area contributed by atoms with E-state index in [2.05, 4.69) is 33.0 Å². The van der Waals surface area contributed by atoms with E-state index in [0.717, 1.165) is 50.7 Å². The molecule has 0 unspecified atom stereocenters. The van der Waals surface area contributed by atoms with Gasteiger partial charge in [0.15, 0.2) is 0 Å². The van der Waals surface area contributed by atoms with Crippen molar-refractivity contribution in [1.82, 2.24) is 20.4 Å². The minimum atomic E-state index is -4.56. The zero-order valence-corrected chi connectivity index (χ0v) is 25.1. The molecule has 12 heteroatoms. The van der Waals surface area contributed by atoms with Crippen LogP contribution >= 0.6 is 11.6 Å². The third-order valence-electron chi connectivity index (χ3n) is 8.25. The molecule has 0 aromatic heterocycles. The smallest absolute Gasteiger partial charge is 0.342 e. The molecule has 2 aromatic carbocycles. The third kappa shape index (κ3) is 8.20. The fourth-order valence-corrected chi connectivity index (χ4v) is 6.00. The second-order valence-corrected chi connectivity index (χ2v) is 11.6. The molecule has 2 aliphatic rings. The highest BCUT2D eigenvalue weighted by Gasteiger charge is 2.53. The number of halogens is 4. The van der Waals surface area contributed by atoms with Gasteiger partial charge in [-0.1, -0.05) is 48.9 Å². The van der Waals surface area contributed by atoms with Gasteiger partial charge in [-0.25, -0.2) is 4.79 Å². The van der Waals surface area contributed by atoms with Crippen molar-refractivity contribution in [3.05, 3.63) is 64.7 Å². The summed E-state index contributed by atoms with van der Waals surface area (Å²) in [5.41, 5.74) is -0.605. The van der Waals surface area contributed by atoms with Crippen molar-refractivity contribution < 1.29 is 27.6 Å². The average molecular weight is 622 g/mol. The summed E-state index contributed by atoms with van der Waals surface area (Å²) in [6.45, 7) is 5.16. The van der Waals surface area contributed by atoms with Gasteiger partial charge < -0.3 is 25.8 Å². The van der Waals surface area contributed by atoms with E-state index < -0.39 is 29.4 Å². The third-order valence-corrected chi connectivity index (χ3v) is 8.58. The van der Waals surface area contributed by atoms with E-state index in [4.69, 9.17) is 11.6 Å². The lowest BCUT2D eigenvalue weighted by Crippen LogP contribution is -2.72. The standard InChI is InChI=1S/C31H39ClF3N5O3/c1-2-17-40-27(41)25(10-6-7-16-36-29(43)38-26-21-23(31(33,34)35)11-12-24(26)32)37-28(42)30(40)14-19-39(20-15-30)18-13-22-8-4-3-5-9-22/h3-5,8-9,11-12,21,25H,2,6-7,10,13-20H2,1H3,(H,37,42)(H2,36,38,43)/t25-/m0/s1. The Hall–Kier alpha value is -3.31. The highest BCUT2D eigenvalue weighted by molar-refractivity contribution is 6.33. The number of likely N-dealkylation sites (tertiary alicyclic amines) is 1. The van der Waals surface area contributed by atoms with Crippen LogP contribution in [-0.4, -0.2) is 71.9 Å². The first-order valence-electron chi connectivity index (χ1n) is 14.8. The van der Waals surface area contributed by atoms with E-state index in [1.54, 1.807) is 4.90 Å². The van der Waals surface area contributed by atoms with Crippen molar-refractivity contribution in [2.45, 2.75) is 69.6 Å². The molecule has 8 nitrogen and oxygen atoms in total. The number of nitrogens with one attached hydrogen (secondary N) is 3. The number of piperidine rings is 1. The Bertz CT molecular complexity index is 1270. The molecule has 4 rings (SSSR count). The van der Waals surface area contributed by atoms with E-state index in [9.17, 15) is 27.6 Å². The number of carbonyl (C=O) groups is 3. The number of carbonyl (C=O) groups excluding carboxylic acids is 3. The van der Waals surface area contributed by atoms with Gasteiger partial charge in [0, 0.05) is 32.7 Å². The molecule has 1 spiro atoms. The number of alkyl halides is 3. The van der Waals surface area contributed by atoms with Crippen molar-refractivity contribution in [3.8, 4) is 0 Å². The van der Waals surface area contributed by atoms with Gasteiger partial charge in [0.2, 0.25) is 11.8 Å². The first-order valence-corrected chi connectivity index (χ1v) is 15.2. The topological polar surface area (TPSA) is 93.8 Å². The number of urea groups is 1. The van der Waals surface area contributed by atoms with E-state index in [0.29, 0.717) is 38.6 Å².